The van der Waals surface area contributed by atoms with Crippen LogP contribution in [0.15, 0.2) is 17.5 Å². The Bertz CT molecular complexity index is 578. The Labute approximate surface area is 129 Å². The first-order valence-electron chi connectivity index (χ1n) is 6.25. The summed E-state index contributed by atoms with van der Waals surface area (Å²) in [5, 5.41) is 9.95. The standard InChI is InChI=1S/C12H13ClN4OS2/c13-12-15-14-10(20-12)11(18)17-5-3-16(4-6-17)8-9-2-1-7-19-9/h1-2,7H,3-6,8H2. The average Bonchev–Trinajstić information content (AvgIpc) is 3.10. The van der Waals surface area contributed by atoms with Gasteiger partial charge in [0, 0.05) is 37.6 Å². The topological polar surface area (TPSA) is 49.3 Å². The lowest BCUT2D eigenvalue weighted by atomic mass is 10.3. The van der Waals surface area contributed by atoms with Crippen molar-refractivity contribution in [2.45, 2.75) is 6.54 Å². The fourth-order valence-electron chi connectivity index (χ4n) is 2.16. The van der Waals surface area contributed by atoms with E-state index in [1.165, 1.54) is 4.88 Å². The minimum Gasteiger partial charge on any atom is -0.334 e. The number of piperazine rings is 1. The molecule has 8 heteroatoms. The minimum atomic E-state index is -0.0647. The first kappa shape index (κ1) is 13.9. The average molecular weight is 329 g/mol. The zero-order valence-electron chi connectivity index (χ0n) is 10.7. The molecule has 2 aromatic rings. The van der Waals surface area contributed by atoms with E-state index in [-0.39, 0.29) is 5.91 Å². The largest absolute Gasteiger partial charge is 0.334 e. The monoisotopic (exact) mass is 328 g/mol. The molecular formula is C12H13ClN4OS2. The normalized spacial score (nSPS) is 16.6. The predicted octanol–water partition coefficient (Wildman–Crippen LogP) is 2.21. The summed E-state index contributed by atoms with van der Waals surface area (Å²) in [5.74, 6) is -0.0647. The predicted molar refractivity (Wildman–Crippen MR) is 80.4 cm³/mol. The highest BCUT2D eigenvalue weighted by atomic mass is 35.5. The van der Waals surface area contributed by atoms with Gasteiger partial charge in [-0.2, -0.15) is 0 Å². The van der Waals surface area contributed by atoms with Crippen LogP contribution >= 0.6 is 34.3 Å². The maximum Gasteiger partial charge on any atom is 0.284 e. The van der Waals surface area contributed by atoms with E-state index in [1.54, 1.807) is 11.3 Å². The van der Waals surface area contributed by atoms with Crippen molar-refractivity contribution >= 4 is 40.2 Å². The van der Waals surface area contributed by atoms with Crippen LogP contribution < -0.4 is 0 Å². The number of aromatic nitrogens is 2. The molecule has 0 aliphatic carbocycles. The van der Waals surface area contributed by atoms with Gasteiger partial charge in [-0.15, -0.1) is 21.5 Å². The lowest BCUT2D eigenvalue weighted by Crippen LogP contribution is -2.48. The number of hydrogen-bond donors (Lipinski definition) is 0. The first-order chi connectivity index (χ1) is 9.72. The Hall–Kier alpha value is -1.02. The van der Waals surface area contributed by atoms with E-state index in [0.717, 1.165) is 44.1 Å². The van der Waals surface area contributed by atoms with Crippen LogP contribution in [0, 0.1) is 0 Å². The molecule has 3 heterocycles. The van der Waals surface area contributed by atoms with E-state index in [9.17, 15) is 4.79 Å². The van der Waals surface area contributed by atoms with Gasteiger partial charge in [0.25, 0.3) is 5.91 Å². The SMILES string of the molecule is O=C(c1nnc(Cl)s1)N1CCN(Cc2cccs2)CC1. The van der Waals surface area contributed by atoms with E-state index in [0.29, 0.717) is 9.47 Å². The van der Waals surface area contributed by atoms with Crippen molar-refractivity contribution in [3.8, 4) is 0 Å². The van der Waals surface area contributed by atoms with Crippen LogP contribution in [-0.4, -0.2) is 52.1 Å². The fourth-order valence-corrected chi connectivity index (χ4v) is 3.70. The van der Waals surface area contributed by atoms with Crippen LogP contribution in [0.2, 0.25) is 4.47 Å². The Kier molecular flexibility index (Phi) is 4.30. The molecule has 3 rings (SSSR count). The lowest BCUT2D eigenvalue weighted by molar-refractivity contribution is 0.0628. The molecule has 0 N–H and O–H groups in total. The van der Waals surface area contributed by atoms with Crippen molar-refractivity contribution in [1.82, 2.24) is 20.0 Å². The van der Waals surface area contributed by atoms with Gasteiger partial charge in [0.2, 0.25) is 9.47 Å². The smallest absolute Gasteiger partial charge is 0.284 e. The number of nitrogens with zero attached hydrogens (tertiary/aromatic N) is 4. The molecule has 1 saturated heterocycles. The maximum atomic E-state index is 12.2. The molecule has 106 valence electrons. The van der Waals surface area contributed by atoms with E-state index in [4.69, 9.17) is 11.6 Å². The summed E-state index contributed by atoms with van der Waals surface area (Å²) in [4.78, 5) is 17.7. The molecule has 0 radical (unpaired) electrons. The molecule has 0 bridgehead atoms. The zero-order valence-corrected chi connectivity index (χ0v) is 13.0. The summed E-state index contributed by atoms with van der Waals surface area (Å²) in [5.41, 5.74) is 0. The summed E-state index contributed by atoms with van der Waals surface area (Å²) in [6.07, 6.45) is 0. The van der Waals surface area contributed by atoms with E-state index in [2.05, 4.69) is 32.6 Å². The van der Waals surface area contributed by atoms with Crippen molar-refractivity contribution in [2.24, 2.45) is 0 Å². The summed E-state index contributed by atoms with van der Waals surface area (Å²) in [6, 6.07) is 4.21. The summed E-state index contributed by atoms with van der Waals surface area (Å²) in [7, 11) is 0. The zero-order chi connectivity index (χ0) is 13.9. The number of rotatable bonds is 3. The van der Waals surface area contributed by atoms with E-state index < -0.39 is 0 Å². The van der Waals surface area contributed by atoms with Crippen molar-refractivity contribution in [2.75, 3.05) is 26.2 Å². The van der Waals surface area contributed by atoms with Crippen LogP contribution in [0.4, 0.5) is 0 Å². The molecule has 0 atom stereocenters. The fraction of sp³-hybridized carbons (Fsp3) is 0.417. The second-order valence-electron chi connectivity index (χ2n) is 4.51. The third kappa shape index (κ3) is 3.17. The first-order valence-corrected chi connectivity index (χ1v) is 8.33. The van der Waals surface area contributed by atoms with Gasteiger partial charge in [0.1, 0.15) is 0 Å². The molecule has 1 amide bonds. The molecule has 20 heavy (non-hydrogen) atoms. The Morgan fingerprint density at radius 3 is 2.70 bits per heavy atom. The Morgan fingerprint density at radius 1 is 1.30 bits per heavy atom. The molecule has 0 aromatic carbocycles. The number of carbonyl (C=O) groups excluding carboxylic acids is 1. The molecule has 5 nitrogen and oxygen atoms in total. The van der Waals surface area contributed by atoms with Gasteiger partial charge >= 0.3 is 0 Å². The van der Waals surface area contributed by atoms with Crippen LogP contribution in [0.5, 0.6) is 0 Å². The summed E-state index contributed by atoms with van der Waals surface area (Å²) >= 11 is 8.62. The molecular weight excluding hydrogens is 316 g/mol. The van der Waals surface area contributed by atoms with Crippen LogP contribution in [0.25, 0.3) is 0 Å². The molecule has 0 unspecified atom stereocenters. The second kappa shape index (κ2) is 6.17. The number of hydrogen-bond acceptors (Lipinski definition) is 6. The highest BCUT2D eigenvalue weighted by molar-refractivity contribution is 7.17. The van der Waals surface area contributed by atoms with Gasteiger partial charge < -0.3 is 4.90 Å². The third-order valence-corrected chi connectivity index (χ3v) is 5.07. The van der Waals surface area contributed by atoms with Gasteiger partial charge in [0.15, 0.2) is 0 Å². The Morgan fingerprint density at radius 2 is 2.10 bits per heavy atom. The number of halogens is 1. The molecule has 1 aliphatic rings. The van der Waals surface area contributed by atoms with Crippen molar-refractivity contribution in [3.63, 3.8) is 0 Å². The van der Waals surface area contributed by atoms with Gasteiger partial charge in [-0.1, -0.05) is 17.4 Å². The van der Waals surface area contributed by atoms with Gasteiger partial charge in [-0.25, -0.2) is 0 Å². The molecule has 0 saturated carbocycles. The number of carbonyl (C=O) groups is 1. The van der Waals surface area contributed by atoms with Gasteiger partial charge in [0.05, 0.1) is 0 Å². The van der Waals surface area contributed by atoms with Gasteiger partial charge in [-0.05, 0) is 23.0 Å². The molecule has 1 aliphatic heterocycles. The minimum absolute atomic E-state index is 0.0647. The number of amides is 1. The number of thiophene rings is 1. The van der Waals surface area contributed by atoms with Gasteiger partial charge in [-0.3, -0.25) is 9.69 Å². The lowest BCUT2D eigenvalue weighted by Gasteiger charge is -2.33. The van der Waals surface area contributed by atoms with Crippen molar-refractivity contribution in [3.05, 3.63) is 31.9 Å². The summed E-state index contributed by atoms with van der Waals surface area (Å²) in [6.45, 7) is 4.18. The van der Waals surface area contributed by atoms with Crippen LogP contribution in [0.3, 0.4) is 0 Å². The quantitative estimate of drug-likeness (QED) is 0.867. The van der Waals surface area contributed by atoms with Crippen molar-refractivity contribution < 1.29 is 4.79 Å². The third-order valence-electron chi connectivity index (χ3n) is 3.20. The van der Waals surface area contributed by atoms with E-state index >= 15 is 0 Å². The van der Waals surface area contributed by atoms with Crippen LogP contribution in [0.1, 0.15) is 14.7 Å². The highest BCUT2D eigenvalue weighted by Gasteiger charge is 2.24. The molecule has 0 spiro atoms. The molecule has 2 aromatic heterocycles. The maximum absolute atomic E-state index is 12.2. The van der Waals surface area contributed by atoms with E-state index in [1.807, 2.05) is 4.90 Å². The molecule has 1 fully saturated rings. The second-order valence-corrected chi connectivity index (χ2v) is 7.10. The van der Waals surface area contributed by atoms with Crippen LogP contribution in [-0.2, 0) is 6.54 Å². The Balaban J connectivity index is 1.54. The van der Waals surface area contributed by atoms with Crippen molar-refractivity contribution in [1.29, 1.82) is 0 Å². The highest BCUT2D eigenvalue weighted by Crippen LogP contribution is 2.18. The summed E-state index contributed by atoms with van der Waals surface area (Å²) < 4.78 is 0.310.